The second kappa shape index (κ2) is 6.95. The number of nitrogens with one attached hydrogen (secondary N) is 2. The highest BCUT2D eigenvalue weighted by atomic mass is 19.1. The van der Waals surface area contributed by atoms with Crippen molar-refractivity contribution in [2.45, 2.75) is 31.7 Å². The molecule has 1 aliphatic rings. The summed E-state index contributed by atoms with van der Waals surface area (Å²) in [5.41, 5.74) is 0.927. The van der Waals surface area contributed by atoms with E-state index in [1.807, 2.05) is 0 Å². The maximum atomic E-state index is 13.9. The Morgan fingerprint density at radius 2 is 1.82 bits per heavy atom. The number of carboxylic acids is 1. The van der Waals surface area contributed by atoms with Crippen LogP contribution in [0.5, 0.6) is 0 Å². The van der Waals surface area contributed by atoms with Crippen molar-refractivity contribution >= 4 is 28.6 Å². The Morgan fingerprint density at radius 1 is 1.11 bits per heavy atom. The Bertz CT molecular complexity index is 1140. The minimum atomic E-state index is -1.22. The third-order valence-corrected chi connectivity index (χ3v) is 5.13. The number of hydrogen-bond donors (Lipinski definition) is 3. The van der Waals surface area contributed by atoms with Crippen molar-refractivity contribution in [3.63, 3.8) is 0 Å². The number of aromatic carboxylic acids is 1. The fourth-order valence-electron chi connectivity index (χ4n) is 3.75. The molecule has 1 aromatic heterocycles. The van der Waals surface area contributed by atoms with Gasteiger partial charge in [0, 0.05) is 11.6 Å². The van der Waals surface area contributed by atoms with Gasteiger partial charge in [-0.25, -0.2) is 14.0 Å². The predicted molar refractivity (Wildman–Crippen MR) is 101 cm³/mol. The van der Waals surface area contributed by atoms with Crippen molar-refractivity contribution in [3.8, 4) is 0 Å². The lowest BCUT2D eigenvalue weighted by atomic mass is 10.1. The molecule has 2 aromatic carbocycles. The number of imidazole rings is 1. The maximum Gasteiger partial charge on any atom is 0.335 e. The van der Waals surface area contributed by atoms with E-state index in [0.717, 1.165) is 49.4 Å². The number of aromatic nitrogens is 2. The molecular formula is C20H18FN3O4. The van der Waals surface area contributed by atoms with Crippen LogP contribution in [0, 0.1) is 5.82 Å². The van der Waals surface area contributed by atoms with E-state index in [0.29, 0.717) is 5.52 Å². The Balaban J connectivity index is 1.64. The number of amides is 1. The van der Waals surface area contributed by atoms with Gasteiger partial charge in [0.2, 0.25) is 0 Å². The van der Waals surface area contributed by atoms with Gasteiger partial charge in [-0.05, 0) is 49.2 Å². The van der Waals surface area contributed by atoms with E-state index in [1.54, 1.807) is 16.7 Å². The fourth-order valence-corrected chi connectivity index (χ4v) is 3.75. The number of carbonyl (C=O) groups excluding carboxylic acids is 1. The molecule has 1 fully saturated rings. The molecule has 3 aromatic rings. The average molecular weight is 383 g/mol. The van der Waals surface area contributed by atoms with Crippen LogP contribution in [0.2, 0.25) is 0 Å². The van der Waals surface area contributed by atoms with Gasteiger partial charge < -0.3 is 15.4 Å². The van der Waals surface area contributed by atoms with Crippen LogP contribution < -0.4 is 11.0 Å². The van der Waals surface area contributed by atoms with Gasteiger partial charge in [-0.3, -0.25) is 9.36 Å². The summed E-state index contributed by atoms with van der Waals surface area (Å²) in [6.45, 7) is 0. The molecule has 0 aliphatic heterocycles. The number of benzene rings is 2. The minimum Gasteiger partial charge on any atom is -0.478 e. The zero-order valence-electron chi connectivity index (χ0n) is 14.9. The third-order valence-electron chi connectivity index (χ3n) is 5.13. The highest BCUT2D eigenvalue weighted by Crippen LogP contribution is 2.30. The summed E-state index contributed by atoms with van der Waals surface area (Å²) in [5, 5.41) is 11.4. The molecule has 0 bridgehead atoms. The van der Waals surface area contributed by atoms with E-state index >= 15 is 0 Å². The smallest absolute Gasteiger partial charge is 0.335 e. The molecule has 3 N–H and O–H groups in total. The van der Waals surface area contributed by atoms with E-state index < -0.39 is 17.7 Å². The normalized spacial score (nSPS) is 14.5. The molecule has 0 radical (unpaired) electrons. The van der Waals surface area contributed by atoms with Crippen LogP contribution >= 0.6 is 0 Å². The lowest BCUT2D eigenvalue weighted by Gasteiger charge is -2.11. The van der Waals surface area contributed by atoms with Crippen LogP contribution in [0.25, 0.3) is 11.0 Å². The fraction of sp³-hybridized carbons (Fsp3) is 0.250. The van der Waals surface area contributed by atoms with Gasteiger partial charge in [0.25, 0.3) is 5.91 Å². The molecule has 0 unspecified atom stereocenters. The number of carbonyl (C=O) groups is 2. The molecule has 1 heterocycles. The molecule has 4 rings (SSSR count). The summed E-state index contributed by atoms with van der Waals surface area (Å²) in [6.07, 6.45) is 4.08. The lowest BCUT2D eigenvalue weighted by molar-refractivity contribution is 0.0696. The lowest BCUT2D eigenvalue weighted by Crippen LogP contribution is -2.20. The first-order valence-electron chi connectivity index (χ1n) is 9.02. The largest absolute Gasteiger partial charge is 0.478 e. The van der Waals surface area contributed by atoms with Gasteiger partial charge in [0.05, 0.1) is 22.3 Å². The summed E-state index contributed by atoms with van der Waals surface area (Å²) in [4.78, 5) is 38.7. The maximum absolute atomic E-state index is 13.9. The molecule has 1 aliphatic carbocycles. The van der Waals surface area contributed by atoms with Gasteiger partial charge in [0.1, 0.15) is 5.82 Å². The number of hydrogen-bond acceptors (Lipinski definition) is 3. The number of H-pyrrole nitrogens is 1. The topological polar surface area (TPSA) is 104 Å². The number of carboxylic acid groups (broad SMARTS) is 1. The first-order valence-corrected chi connectivity index (χ1v) is 9.02. The third kappa shape index (κ3) is 3.17. The number of halogens is 1. The van der Waals surface area contributed by atoms with Gasteiger partial charge in [-0.2, -0.15) is 0 Å². The van der Waals surface area contributed by atoms with Crippen molar-refractivity contribution in [3.05, 3.63) is 63.8 Å². The first kappa shape index (κ1) is 18.0. The van der Waals surface area contributed by atoms with Crippen LogP contribution in [0.15, 0.2) is 41.2 Å². The van der Waals surface area contributed by atoms with Gasteiger partial charge in [0.15, 0.2) is 0 Å². The van der Waals surface area contributed by atoms with Crippen LogP contribution in [0.4, 0.5) is 10.1 Å². The van der Waals surface area contributed by atoms with Crippen molar-refractivity contribution in [1.82, 2.24) is 9.55 Å². The summed E-state index contributed by atoms with van der Waals surface area (Å²) < 4.78 is 15.7. The molecule has 144 valence electrons. The van der Waals surface area contributed by atoms with E-state index in [-0.39, 0.29) is 28.5 Å². The number of nitrogens with zero attached hydrogens (tertiary/aromatic N) is 1. The SMILES string of the molecule is O=C(O)c1ccc(F)c(NC(=O)c2ccc3c(c2)[nH]c(=O)n3C2CCCC2)c1. The summed E-state index contributed by atoms with van der Waals surface area (Å²) in [7, 11) is 0. The second-order valence-electron chi connectivity index (χ2n) is 6.92. The minimum absolute atomic E-state index is 0.134. The van der Waals surface area contributed by atoms with Crippen LogP contribution in [0.1, 0.15) is 52.4 Å². The summed E-state index contributed by atoms with van der Waals surface area (Å²) in [6, 6.07) is 8.13. The molecule has 1 amide bonds. The highest BCUT2D eigenvalue weighted by Gasteiger charge is 2.22. The summed E-state index contributed by atoms with van der Waals surface area (Å²) >= 11 is 0. The molecule has 7 nitrogen and oxygen atoms in total. The van der Waals surface area contributed by atoms with E-state index in [4.69, 9.17) is 5.11 Å². The van der Waals surface area contributed by atoms with Crippen molar-refractivity contribution in [1.29, 1.82) is 0 Å². The molecule has 0 saturated heterocycles. The molecule has 1 saturated carbocycles. The molecular weight excluding hydrogens is 365 g/mol. The quantitative estimate of drug-likeness (QED) is 0.641. The van der Waals surface area contributed by atoms with Gasteiger partial charge in [-0.15, -0.1) is 0 Å². The van der Waals surface area contributed by atoms with E-state index in [2.05, 4.69) is 10.3 Å². The molecule has 28 heavy (non-hydrogen) atoms. The molecule has 8 heteroatoms. The van der Waals surface area contributed by atoms with E-state index in [1.165, 1.54) is 6.07 Å². The van der Waals surface area contributed by atoms with Crippen molar-refractivity contribution in [2.24, 2.45) is 0 Å². The standard InChI is InChI=1S/C20H18FN3O4/c21-14-7-5-12(19(26)27)10-15(14)22-18(25)11-6-8-17-16(9-11)23-20(28)24(17)13-3-1-2-4-13/h5-10,13H,1-4H2,(H,22,25)(H,23,28)(H,26,27). The highest BCUT2D eigenvalue weighted by molar-refractivity contribution is 6.06. The molecule has 0 spiro atoms. The van der Waals surface area contributed by atoms with Crippen LogP contribution in [-0.2, 0) is 0 Å². The van der Waals surface area contributed by atoms with Crippen LogP contribution in [0.3, 0.4) is 0 Å². The number of aromatic amines is 1. The Kier molecular flexibility index (Phi) is 4.46. The van der Waals surface area contributed by atoms with Gasteiger partial charge in [-0.1, -0.05) is 12.8 Å². The zero-order valence-corrected chi connectivity index (χ0v) is 14.9. The van der Waals surface area contributed by atoms with Gasteiger partial charge >= 0.3 is 11.7 Å². The van der Waals surface area contributed by atoms with Crippen molar-refractivity contribution < 1.29 is 19.1 Å². The second-order valence-corrected chi connectivity index (χ2v) is 6.92. The van der Waals surface area contributed by atoms with Crippen LogP contribution in [-0.4, -0.2) is 26.5 Å². The first-order chi connectivity index (χ1) is 13.4. The number of fused-ring (bicyclic) bond motifs is 1. The summed E-state index contributed by atoms with van der Waals surface area (Å²) in [5.74, 6) is -2.55. The number of anilines is 1. The van der Waals surface area contributed by atoms with Crippen molar-refractivity contribution in [2.75, 3.05) is 5.32 Å². The predicted octanol–water partition coefficient (Wildman–Crippen LogP) is 3.53. The number of rotatable bonds is 4. The Morgan fingerprint density at radius 3 is 2.54 bits per heavy atom. The monoisotopic (exact) mass is 383 g/mol. The van der Waals surface area contributed by atoms with E-state index in [9.17, 15) is 18.8 Å². The zero-order chi connectivity index (χ0) is 19.8. The Hall–Kier alpha value is -3.42. The Labute approximate surface area is 158 Å². The molecule has 0 atom stereocenters. The average Bonchev–Trinajstić information content (AvgIpc) is 3.29.